The molecule has 0 bridgehead atoms. The Kier molecular flexibility index (Phi) is 6.04. The average Bonchev–Trinajstić information content (AvgIpc) is 3.39. The molecule has 2 heterocycles. The third kappa shape index (κ3) is 4.65. The van der Waals surface area contributed by atoms with Crippen LogP contribution in [0.15, 0.2) is 54.6 Å². The summed E-state index contributed by atoms with van der Waals surface area (Å²) in [6, 6.07) is 17.3. The first-order valence-electron chi connectivity index (χ1n) is 9.74. The van der Waals surface area contributed by atoms with Gasteiger partial charge >= 0.3 is 0 Å². The van der Waals surface area contributed by atoms with E-state index in [1.165, 1.54) is 11.3 Å². The van der Waals surface area contributed by atoms with Gasteiger partial charge in [-0.15, -0.1) is 10.2 Å². The van der Waals surface area contributed by atoms with Crippen LogP contribution in [0.2, 0.25) is 0 Å². The summed E-state index contributed by atoms with van der Waals surface area (Å²) in [6.45, 7) is 0.572. The Labute approximate surface area is 178 Å². The molecule has 4 rings (SSSR count). The van der Waals surface area contributed by atoms with Crippen LogP contribution in [-0.4, -0.2) is 35.7 Å². The Morgan fingerprint density at radius 1 is 1.17 bits per heavy atom. The summed E-state index contributed by atoms with van der Waals surface area (Å²) in [5.74, 6) is 0.745. The van der Waals surface area contributed by atoms with Crippen molar-refractivity contribution < 1.29 is 14.3 Å². The molecule has 1 fully saturated rings. The number of hydrogen-bond donors (Lipinski definition) is 1. The van der Waals surface area contributed by atoms with Gasteiger partial charge in [0.2, 0.25) is 16.9 Å². The number of aromatic nitrogens is 2. The van der Waals surface area contributed by atoms with Crippen molar-refractivity contribution in [3.05, 3.63) is 65.2 Å². The minimum Gasteiger partial charge on any atom is -0.497 e. The lowest BCUT2D eigenvalue weighted by atomic mass is 10.1. The van der Waals surface area contributed by atoms with E-state index in [1.54, 1.807) is 12.0 Å². The minimum absolute atomic E-state index is 0.0137. The predicted molar refractivity (Wildman–Crippen MR) is 116 cm³/mol. The number of nitrogens with one attached hydrogen (secondary N) is 1. The van der Waals surface area contributed by atoms with Crippen LogP contribution in [0.25, 0.3) is 0 Å². The van der Waals surface area contributed by atoms with Crippen molar-refractivity contribution in [3.63, 3.8) is 0 Å². The number of ether oxygens (including phenoxy) is 1. The van der Waals surface area contributed by atoms with E-state index in [2.05, 4.69) is 15.5 Å². The third-order valence-corrected chi connectivity index (χ3v) is 6.03. The lowest BCUT2D eigenvalue weighted by Crippen LogP contribution is -2.24. The highest BCUT2D eigenvalue weighted by Gasteiger charge is 2.33. The minimum atomic E-state index is -0.109. The predicted octanol–water partition coefficient (Wildman–Crippen LogP) is 3.64. The third-order valence-electron chi connectivity index (χ3n) is 5.03. The molecular weight excluding hydrogens is 400 g/mol. The molecule has 0 unspecified atom stereocenters. The van der Waals surface area contributed by atoms with Crippen LogP contribution in [0.4, 0.5) is 10.8 Å². The van der Waals surface area contributed by atoms with Gasteiger partial charge in [0.1, 0.15) is 10.8 Å². The van der Waals surface area contributed by atoms with Crippen LogP contribution in [0, 0.1) is 0 Å². The second-order valence-electron chi connectivity index (χ2n) is 7.08. The number of benzene rings is 2. The van der Waals surface area contributed by atoms with Crippen molar-refractivity contribution >= 4 is 34.0 Å². The number of carbonyl (C=O) groups is 2. The number of carbonyl (C=O) groups excluding carboxylic acids is 2. The molecule has 154 valence electrons. The summed E-state index contributed by atoms with van der Waals surface area (Å²) in [4.78, 5) is 26.5. The van der Waals surface area contributed by atoms with Gasteiger partial charge in [-0.05, 0) is 36.2 Å². The summed E-state index contributed by atoms with van der Waals surface area (Å²) >= 11 is 1.33. The number of aryl methyl sites for hydroxylation is 1. The molecule has 0 saturated carbocycles. The smallest absolute Gasteiger partial charge is 0.227 e. The lowest BCUT2D eigenvalue weighted by Gasteiger charge is -2.15. The average molecular weight is 423 g/mol. The Morgan fingerprint density at radius 3 is 2.67 bits per heavy atom. The molecule has 2 aromatic carbocycles. The zero-order valence-electron chi connectivity index (χ0n) is 16.6. The molecule has 8 heteroatoms. The summed E-state index contributed by atoms with van der Waals surface area (Å²) < 4.78 is 5.14. The van der Waals surface area contributed by atoms with E-state index in [-0.39, 0.29) is 17.7 Å². The molecule has 0 aliphatic carbocycles. The molecule has 0 spiro atoms. The second kappa shape index (κ2) is 9.04. The quantitative estimate of drug-likeness (QED) is 0.628. The maximum absolute atomic E-state index is 12.4. The number of hydrogen-bond acceptors (Lipinski definition) is 6. The number of para-hydroxylation sites is 1. The first-order valence-corrected chi connectivity index (χ1v) is 10.6. The second-order valence-corrected chi connectivity index (χ2v) is 8.09. The maximum Gasteiger partial charge on any atom is 0.227 e. The zero-order valence-corrected chi connectivity index (χ0v) is 17.4. The molecule has 3 aromatic rings. The van der Waals surface area contributed by atoms with Gasteiger partial charge in [-0.3, -0.25) is 9.59 Å². The van der Waals surface area contributed by atoms with E-state index in [0.29, 0.717) is 30.9 Å². The Bertz CT molecular complexity index is 1020. The van der Waals surface area contributed by atoms with E-state index >= 15 is 0 Å². The molecule has 1 N–H and O–H groups in total. The van der Waals surface area contributed by atoms with Gasteiger partial charge in [0.15, 0.2) is 0 Å². The van der Waals surface area contributed by atoms with Crippen molar-refractivity contribution in [1.29, 1.82) is 0 Å². The molecule has 1 aromatic heterocycles. The van der Waals surface area contributed by atoms with E-state index < -0.39 is 0 Å². The van der Waals surface area contributed by atoms with Gasteiger partial charge < -0.3 is 15.0 Å². The highest BCUT2D eigenvalue weighted by Crippen LogP contribution is 2.34. The van der Waals surface area contributed by atoms with Crippen molar-refractivity contribution in [1.82, 2.24) is 10.2 Å². The standard InChI is InChI=1S/C22H22N4O3S/c1-29-18-10-7-15(8-11-18)9-12-19(27)23-22-25-24-21(30-22)16-13-20(28)26(14-16)17-5-3-2-4-6-17/h2-8,10-11,16H,9,12-14H2,1H3,(H,23,25,27)/t16-/m0/s1. The summed E-state index contributed by atoms with van der Waals surface area (Å²) in [6.07, 6.45) is 1.38. The topological polar surface area (TPSA) is 84.4 Å². The number of methoxy groups -OCH3 is 1. The highest BCUT2D eigenvalue weighted by atomic mass is 32.1. The van der Waals surface area contributed by atoms with Crippen LogP contribution in [0.5, 0.6) is 5.75 Å². The van der Waals surface area contributed by atoms with Crippen LogP contribution in [0.1, 0.15) is 29.3 Å². The normalized spacial score (nSPS) is 16.0. The van der Waals surface area contributed by atoms with Crippen molar-refractivity contribution in [3.8, 4) is 5.75 Å². The molecule has 7 nitrogen and oxygen atoms in total. The van der Waals surface area contributed by atoms with Crippen molar-refractivity contribution in [2.75, 3.05) is 23.9 Å². The fourth-order valence-corrected chi connectivity index (χ4v) is 4.26. The Hall–Kier alpha value is -3.26. The van der Waals surface area contributed by atoms with Gasteiger partial charge in [0, 0.05) is 31.0 Å². The fourth-order valence-electron chi connectivity index (χ4n) is 3.41. The van der Waals surface area contributed by atoms with Gasteiger partial charge in [-0.1, -0.05) is 41.7 Å². The summed E-state index contributed by atoms with van der Waals surface area (Å²) in [7, 11) is 1.62. The molecule has 1 saturated heterocycles. The van der Waals surface area contributed by atoms with Crippen molar-refractivity contribution in [2.24, 2.45) is 0 Å². The fraction of sp³-hybridized carbons (Fsp3) is 0.273. The van der Waals surface area contributed by atoms with Gasteiger partial charge in [0.05, 0.1) is 7.11 Å². The van der Waals surface area contributed by atoms with Crippen LogP contribution >= 0.6 is 11.3 Å². The summed E-state index contributed by atoms with van der Waals surface area (Å²) in [5, 5.41) is 12.4. The maximum atomic E-state index is 12.4. The number of rotatable bonds is 7. The molecule has 2 amide bonds. The van der Waals surface area contributed by atoms with E-state index in [4.69, 9.17) is 4.74 Å². The van der Waals surface area contributed by atoms with Gasteiger partial charge in [-0.25, -0.2) is 0 Å². The largest absolute Gasteiger partial charge is 0.497 e. The monoisotopic (exact) mass is 422 g/mol. The molecule has 1 atom stereocenters. The molecular formula is C22H22N4O3S. The van der Waals surface area contributed by atoms with Gasteiger partial charge in [-0.2, -0.15) is 0 Å². The Morgan fingerprint density at radius 2 is 1.93 bits per heavy atom. The van der Waals surface area contributed by atoms with Gasteiger partial charge in [0.25, 0.3) is 0 Å². The van der Waals surface area contributed by atoms with E-state index in [1.807, 2.05) is 54.6 Å². The number of amides is 2. The molecule has 0 radical (unpaired) electrons. The van der Waals surface area contributed by atoms with Crippen LogP contribution in [0.3, 0.4) is 0 Å². The first kappa shape index (κ1) is 20.0. The first-order chi connectivity index (χ1) is 14.6. The molecule has 1 aliphatic heterocycles. The zero-order chi connectivity index (χ0) is 20.9. The van der Waals surface area contributed by atoms with E-state index in [9.17, 15) is 9.59 Å². The molecule has 1 aliphatic rings. The Balaban J connectivity index is 1.31. The highest BCUT2D eigenvalue weighted by molar-refractivity contribution is 7.15. The number of nitrogens with zero attached hydrogens (tertiary/aromatic N) is 3. The molecule has 30 heavy (non-hydrogen) atoms. The lowest BCUT2D eigenvalue weighted by molar-refractivity contribution is -0.117. The van der Waals surface area contributed by atoms with Crippen molar-refractivity contribution in [2.45, 2.75) is 25.2 Å². The van der Waals surface area contributed by atoms with Crippen LogP contribution < -0.4 is 15.0 Å². The number of anilines is 2. The SMILES string of the molecule is COc1ccc(CCC(=O)Nc2nnc([C@H]3CC(=O)N(c4ccccc4)C3)s2)cc1. The van der Waals surface area contributed by atoms with E-state index in [0.717, 1.165) is 22.0 Å². The van der Waals surface area contributed by atoms with Crippen LogP contribution in [-0.2, 0) is 16.0 Å². The summed E-state index contributed by atoms with van der Waals surface area (Å²) in [5.41, 5.74) is 1.95.